The molecule has 3 heteroatoms. The van der Waals surface area contributed by atoms with Crippen molar-refractivity contribution in [3.8, 4) is 0 Å². The molecule has 88 valence electrons. The first-order chi connectivity index (χ1) is 7.49. The average Bonchev–Trinajstić information content (AvgIpc) is 2.33. The summed E-state index contributed by atoms with van der Waals surface area (Å²) in [5.41, 5.74) is 4.07. The molecule has 1 aromatic rings. The number of fused-ring (bicyclic) bond motifs is 1. The van der Waals surface area contributed by atoms with Crippen LogP contribution in [-0.4, -0.2) is 16.5 Å². The van der Waals surface area contributed by atoms with Gasteiger partial charge in [0, 0.05) is 18.8 Å². The molecule has 0 saturated carbocycles. The molecular formula is C13H21N3. The Balaban J connectivity index is 2.47. The molecule has 1 aliphatic rings. The Bertz CT molecular complexity index is 383. The van der Waals surface area contributed by atoms with Crippen molar-refractivity contribution in [2.45, 2.75) is 46.6 Å². The van der Waals surface area contributed by atoms with E-state index >= 15 is 0 Å². The maximum absolute atomic E-state index is 4.46. The Kier molecular flexibility index (Phi) is 2.98. The van der Waals surface area contributed by atoms with Crippen LogP contribution in [0.5, 0.6) is 0 Å². The van der Waals surface area contributed by atoms with Gasteiger partial charge in [-0.1, -0.05) is 27.7 Å². The molecule has 0 radical (unpaired) electrons. The summed E-state index contributed by atoms with van der Waals surface area (Å²) in [6, 6.07) is 0. The minimum absolute atomic E-state index is 0.291. The Morgan fingerprint density at radius 1 is 1.31 bits per heavy atom. The zero-order valence-electron chi connectivity index (χ0n) is 10.7. The van der Waals surface area contributed by atoms with Crippen molar-refractivity contribution >= 4 is 0 Å². The van der Waals surface area contributed by atoms with E-state index in [0.717, 1.165) is 19.5 Å². The fraction of sp³-hybridized carbons (Fsp3) is 0.692. The van der Waals surface area contributed by atoms with Crippen molar-refractivity contribution < 1.29 is 0 Å². The van der Waals surface area contributed by atoms with E-state index in [1.165, 1.54) is 17.0 Å². The zero-order chi connectivity index (χ0) is 11.8. The van der Waals surface area contributed by atoms with Gasteiger partial charge in [0.05, 0.1) is 5.69 Å². The fourth-order valence-corrected chi connectivity index (χ4v) is 2.37. The van der Waals surface area contributed by atoms with Gasteiger partial charge in [-0.05, 0) is 23.3 Å². The van der Waals surface area contributed by atoms with E-state index in [9.17, 15) is 0 Å². The smallest absolute Gasteiger partial charge is 0.116 e. The highest BCUT2D eigenvalue weighted by molar-refractivity contribution is 5.29. The summed E-state index contributed by atoms with van der Waals surface area (Å²) in [6.45, 7) is 10.9. The van der Waals surface area contributed by atoms with Crippen LogP contribution in [0.3, 0.4) is 0 Å². The van der Waals surface area contributed by atoms with Crippen LogP contribution in [0.1, 0.15) is 50.6 Å². The van der Waals surface area contributed by atoms with E-state index in [0.29, 0.717) is 11.3 Å². The highest BCUT2D eigenvalue weighted by Gasteiger charge is 2.26. The molecule has 0 saturated heterocycles. The molecule has 1 N–H and O–H groups in total. The molecule has 1 aromatic heterocycles. The lowest BCUT2D eigenvalue weighted by Crippen LogP contribution is -2.27. The van der Waals surface area contributed by atoms with Gasteiger partial charge in [-0.2, -0.15) is 0 Å². The maximum Gasteiger partial charge on any atom is 0.116 e. The highest BCUT2D eigenvalue weighted by atomic mass is 14.9. The van der Waals surface area contributed by atoms with Gasteiger partial charge >= 0.3 is 0 Å². The summed E-state index contributed by atoms with van der Waals surface area (Å²) in [4.78, 5) is 8.87. The second kappa shape index (κ2) is 4.13. The van der Waals surface area contributed by atoms with Crippen LogP contribution in [0.4, 0.5) is 0 Å². The van der Waals surface area contributed by atoms with Gasteiger partial charge < -0.3 is 5.32 Å². The summed E-state index contributed by atoms with van der Waals surface area (Å²) in [7, 11) is 0. The van der Waals surface area contributed by atoms with Gasteiger partial charge in [-0.25, -0.2) is 9.97 Å². The van der Waals surface area contributed by atoms with Crippen LogP contribution in [0.15, 0.2) is 6.33 Å². The number of nitrogens with one attached hydrogen (secondary N) is 1. The Hall–Kier alpha value is -0.960. The van der Waals surface area contributed by atoms with Crippen LogP contribution in [0, 0.1) is 5.41 Å². The quantitative estimate of drug-likeness (QED) is 0.787. The Labute approximate surface area is 97.7 Å². The minimum Gasteiger partial charge on any atom is -0.311 e. The molecule has 0 atom stereocenters. The van der Waals surface area contributed by atoms with Crippen molar-refractivity contribution in [2.75, 3.05) is 6.54 Å². The van der Waals surface area contributed by atoms with E-state index in [1.807, 2.05) is 0 Å². The van der Waals surface area contributed by atoms with Crippen molar-refractivity contribution in [1.29, 1.82) is 0 Å². The van der Waals surface area contributed by atoms with Crippen molar-refractivity contribution in [3.63, 3.8) is 0 Å². The largest absolute Gasteiger partial charge is 0.311 e. The molecule has 0 spiro atoms. The van der Waals surface area contributed by atoms with Crippen LogP contribution in [-0.2, 0) is 13.0 Å². The van der Waals surface area contributed by atoms with E-state index in [2.05, 4.69) is 43.0 Å². The first kappa shape index (κ1) is 11.5. The third kappa shape index (κ3) is 2.24. The van der Waals surface area contributed by atoms with E-state index in [1.54, 1.807) is 6.33 Å². The van der Waals surface area contributed by atoms with E-state index in [4.69, 9.17) is 0 Å². The van der Waals surface area contributed by atoms with Gasteiger partial charge in [-0.15, -0.1) is 0 Å². The number of aromatic nitrogens is 2. The second-order valence-corrected chi connectivity index (χ2v) is 5.78. The Morgan fingerprint density at radius 2 is 2.06 bits per heavy atom. The monoisotopic (exact) mass is 219 g/mol. The van der Waals surface area contributed by atoms with Crippen LogP contribution in [0.25, 0.3) is 0 Å². The lowest BCUT2D eigenvalue weighted by Gasteiger charge is -2.23. The molecule has 0 aliphatic carbocycles. The maximum atomic E-state index is 4.46. The summed E-state index contributed by atoms with van der Waals surface area (Å²) in [5.74, 6) is 0.477. The van der Waals surface area contributed by atoms with Gasteiger partial charge in [-0.3, -0.25) is 0 Å². The van der Waals surface area contributed by atoms with Gasteiger partial charge in [0.25, 0.3) is 0 Å². The number of hydrogen-bond donors (Lipinski definition) is 1. The molecule has 3 nitrogen and oxygen atoms in total. The lowest BCUT2D eigenvalue weighted by atomic mass is 9.84. The number of nitrogens with zero attached hydrogens (tertiary/aromatic N) is 2. The summed E-state index contributed by atoms with van der Waals surface area (Å²) in [6.07, 6.45) is 2.78. The van der Waals surface area contributed by atoms with E-state index < -0.39 is 0 Å². The predicted molar refractivity (Wildman–Crippen MR) is 65.3 cm³/mol. The summed E-state index contributed by atoms with van der Waals surface area (Å²) < 4.78 is 0. The Morgan fingerprint density at radius 3 is 2.75 bits per heavy atom. The van der Waals surface area contributed by atoms with Crippen LogP contribution >= 0.6 is 0 Å². The van der Waals surface area contributed by atoms with Crippen molar-refractivity contribution in [2.24, 2.45) is 5.41 Å². The molecular weight excluding hydrogens is 198 g/mol. The van der Waals surface area contributed by atoms with E-state index in [-0.39, 0.29) is 0 Å². The molecule has 2 heterocycles. The molecule has 0 aromatic carbocycles. The van der Waals surface area contributed by atoms with Crippen LogP contribution in [0.2, 0.25) is 0 Å². The first-order valence-corrected chi connectivity index (χ1v) is 6.03. The zero-order valence-corrected chi connectivity index (χ0v) is 10.7. The van der Waals surface area contributed by atoms with Crippen LogP contribution < -0.4 is 5.32 Å². The van der Waals surface area contributed by atoms with Crippen molar-refractivity contribution in [3.05, 3.63) is 23.3 Å². The standard InChI is InChI=1S/C13H21N3/c1-9(2)12-10-5-13(3,4)7-14-6-11(10)15-8-16-12/h8-9,14H,5-7H2,1-4H3. The van der Waals surface area contributed by atoms with Gasteiger partial charge in [0.15, 0.2) is 0 Å². The van der Waals surface area contributed by atoms with Gasteiger partial charge in [0.1, 0.15) is 6.33 Å². The SMILES string of the molecule is CC(C)c1ncnc2c1CC(C)(C)CNC2. The third-order valence-corrected chi connectivity index (χ3v) is 3.17. The number of rotatable bonds is 1. The topological polar surface area (TPSA) is 37.8 Å². The number of hydrogen-bond acceptors (Lipinski definition) is 3. The molecule has 2 rings (SSSR count). The average molecular weight is 219 g/mol. The molecule has 0 unspecified atom stereocenters. The lowest BCUT2D eigenvalue weighted by molar-refractivity contribution is 0.348. The second-order valence-electron chi connectivity index (χ2n) is 5.78. The molecule has 0 fully saturated rings. The third-order valence-electron chi connectivity index (χ3n) is 3.17. The minimum atomic E-state index is 0.291. The normalized spacial score (nSPS) is 19.3. The summed E-state index contributed by atoms with van der Waals surface area (Å²) >= 11 is 0. The molecule has 1 aliphatic heterocycles. The van der Waals surface area contributed by atoms with Crippen molar-refractivity contribution in [1.82, 2.24) is 15.3 Å². The molecule has 0 bridgehead atoms. The molecule has 0 amide bonds. The fourth-order valence-electron chi connectivity index (χ4n) is 2.37. The first-order valence-electron chi connectivity index (χ1n) is 6.03. The summed E-state index contributed by atoms with van der Waals surface area (Å²) in [5, 5.41) is 3.47. The predicted octanol–water partition coefficient (Wildman–Crippen LogP) is 2.27. The molecule has 16 heavy (non-hydrogen) atoms. The highest BCUT2D eigenvalue weighted by Crippen LogP contribution is 2.29. The van der Waals surface area contributed by atoms with Gasteiger partial charge in [0.2, 0.25) is 0 Å².